The zero-order valence-electron chi connectivity index (χ0n) is 38.7. The van der Waals surface area contributed by atoms with Crippen LogP contribution in [0, 0.1) is 17.8 Å². The largest absolute Gasteiger partial charge is 0.462 e. The highest BCUT2D eigenvalue weighted by molar-refractivity contribution is 5.70. The highest BCUT2D eigenvalue weighted by Gasteiger charge is 2.48. The van der Waals surface area contributed by atoms with E-state index in [1.807, 2.05) is 61.6 Å². The quantitative estimate of drug-likeness (QED) is 0.107. The van der Waals surface area contributed by atoms with Crippen molar-refractivity contribution >= 4 is 12.2 Å². The Labute approximate surface area is 388 Å². The average Bonchev–Trinajstić information content (AvgIpc) is 3.24. The second-order valence-electron chi connectivity index (χ2n) is 17.7. The van der Waals surface area contributed by atoms with Crippen molar-refractivity contribution in [2.45, 2.75) is 177 Å². The van der Waals surface area contributed by atoms with Crippen molar-refractivity contribution in [3.8, 4) is 0 Å². The lowest BCUT2D eigenvalue weighted by atomic mass is 9.83. The molecule has 0 radical (unpaired) electrons. The number of cyclic esters (lactones) is 1. The van der Waals surface area contributed by atoms with E-state index in [1.165, 1.54) is 13.3 Å². The summed E-state index contributed by atoms with van der Waals surface area (Å²) in [6.45, 7) is 6.83. The number of carbonyl (C=O) groups excluding carboxylic acids is 1. The van der Waals surface area contributed by atoms with Crippen molar-refractivity contribution in [1.29, 1.82) is 0 Å². The van der Waals surface area contributed by atoms with E-state index in [9.17, 15) is 55.9 Å². The van der Waals surface area contributed by atoms with Crippen molar-refractivity contribution in [2.24, 2.45) is 28.6 Å². The molecule has 2 bridgehead atoms. The average molecular weight is 937 g/mol. The minimum absolute atomic E-state index is 0.0716. The Morgan fingerprint density at radius 1 is 0.682 bits per heavy atom. The molecule has 1 unspecified atom stereocenters. The molecule has 18 heteroatoms. The van der Waals surface area contributed by atoms with Crippen LogP contribution < -0.4 is 5.73 Å². The minimum atomic E-state index is -2.15. The molecular weight excluding hydrogens is 861 g/mol. The predicted octanol–water partition coefficient (Wildman–Crippen LogP) is 1.26. The Morgan fingerprint density at radius 2 is 1.27 bits per heavy atom. The SMILES string of the molecule is CO/N=C\[C@H]1C2C[C@@H](O[C@@H]3O[C@H](C)[C@@H](O)[C@H](N)[C@@H]3O)/C=C/C=C/C=C/C=C/C=C/C=C/C=C/[C@H](C)[C@@H](O)[C@@H](C)[C@H](C)OC(=O)C[C@H](O)C[C@H](O)CC[C@@H](O)[C@H](O)C[C@H](O)C[C@](O)(C[C@@H]1O)O2. The van der Waals surface area contributed by atoms with Gasteiger partial charge in [-0.1, -0.05) is 104 Å². The first-order chi connectivity index (χ1) is 31.2. The molecule has 19 atom stereocenters. The van der Waals surface area contributed by atoms with Gasteiger partial charge in [-0.2, -0.15) is 0 Å². The van der Waals surface area contributed by atoms with Crippen molar-refractivity contribution in [3.63, 3.8) is 0 Å². The van der Waals surface area contributed by atoms with Crippen LogP contribution in [0.4, 0.5) is 0 Å². The molecule has 3 aliphatic heterocycles. The molecule has 0 saturated carbocycles. The summed E-state index contributed by atoms with van der Waals surface area (Å²) >= 11 is 0. The Bertz CT molecular complexity index is 1670. The highest BCUT2D eigenvalue weighted by Crippen LogP contribution is 2.37. The minimum Gasteiger partial charge on any atom is -0.462 e. The highest BCUT2D eigenvalue weighted by atomic mass is 16.7. The molecule has 0 aliphatic carbocycles. The summed E-state index contributed by atoms with van der Waals surface area (Å²) in [7, 11) is 1.31. The summed E-state index contributed by atoms with van der Waals surface area (Å²) in [6, 6.07) is -1.09. The maximum Gasteiger partial charge on any atom is 0.308 e. The van der Waals surface area contributed by atoms with Gasteiger partial charge in [0.25, 0.3) is 0 Å². The van der Waals surface area contributed by atoms with E-state index in [1.54, 1.807) is 51.2 Å². The van der Waals surface area contributed by atoms with E-state index in [4.69, 9.17) is 29.5 Å². The molecule has 12 N–H and O–H groups in total. The first kappa shape index (κ1) is 56.9. The molecular formula is C48H76N2O16. The molecule has 2 saturated heterocycles. The Balaban J connectivity index is 1.87. The lowest BCUT2D eigenvalue weighted by Crippen LogP contribution is -2.61. The first-order valence-electron chi connectivity index (χ1n) is 22.8. The topological polar surface area (TPSA) is 304 Å². The second kappa shape index (κ2) is 28.8. The van der Waals surface area contributed by atoms with Crippen molar-refractivity contribution < 1.29 is 79.6 Å². The standard InChI is InChI=1S/C48H76N2O16/c1-29-18-16-14-12-10-8-6-7-9-11-13-15-17-19-36(65-47-46(60)43(49)45(59)32(4)64-47)25-41-37(28-50-62-5)40(56)27-48(61,66-41)26-35(53)23-39(55)38(54)21-20-33(51)22-34(52)24-42(57)63-31(3)30(2)44(29)58/h6-19,28-41,43-47,51-56,58-61H,20-27,49H2,1-5H3/b7-6+,10-8+,11-9+,14-12+,15-13+,18-16+,19-17+,50-28-/t29-,30-,31-,32+,33+,34+,35-,36-,37+,38+,39+,40-,41?,43-,44+,45+,46-,47-,48+/m0/s1. The van der Waals surface area contributed by atoms with Crippen LogP contribution in [0.2, 0.25) is 0 Å². The summed E-state index contributed by atoms with van der Waals surface area (Å²) in [5.74, 6) is -4.44. The van der Waals surface area contributed by atoms with Crippen LogP contribution in [-0.2, 0) is 28.6 Å². The van der Waals surface area contributed by atoms with Crippen LogP contribution >= 0.6 is 0 Å². The summed E-state index contributed by atoms with van der Waals surface area (Å²) in [6.07, 6.45) is 7.81. The van der Waals surface area contributed by atoms with Gasteiger partial charge in [0.15, 0.2) is 12.1 Å². The number of oxime groups is 1. The Kier molecular flexibility index (Phi) is 24.8. The van der Waals surface area contributed by atoms with Crippen LogP contribution in [0.1, 0.15) is 79.1 Å². The van der Waals surface area contributed by atoms with E-state index in [0.29, 0.717) is 0 Å². The molecule has 374 valence electrons. The maximum atomic E-state index is 12.6. The molecule has 3 heterocycles. The molecule has 3 rings (SSSR count). The molecule has 66 heavy (non-hydrogen) atoms. The molecule has 18 nitrogen and oxygen atoms in total. The number of esters is 1. The molecule has 3 aliphatic rings. The second-order valence-corrected chi connectivity index (χ2v) is 17.7. The molecule has 0 amide bonds. The van der Waals surface area contributed by atoms with Gasteiger partial charge in [0.2, 0.25) is 0 Å². The Morgan fingerprint density at radius 3 is 1.88 bits per heavy atom. The number of allylic oxidation sites excluding steroid dienone is 12. The van der Waals surface area contributed by atoms with E-state index >= 15 is 0 Å². The van der Waals surface area contributed by atoms with Crippen molar-refractivity contribution in [3.05, 3.63) is 85.1 Å². The third kappa shape index (κ3) is 19.3. The molecule has 0 aromatic rings. The third-order valence-electron chi connectivity index (χ3n) is 12.1. The van der Waals surface area contributed by atoms with E-state index in [0.717, 1.165) is 0 Å². The summed E-state index contributed by atoms with van der Waals surface area (Å²) in [4.78, 5) is 17.5. The molecule has 0 aromatic heterocycles. The number of ether oxygens (including phenoxy) is 4. The summed E-state index contributed by atoms with van der Waals surface area (Å²) < 4.78 is 23.7. The fraction of sp³-hybridized carbons (Fsp3) is 0.667. The number of fused-ring (bicyclic) bond motifs is 2. The van der Waals surface area contributed by atoms with Gasteiger partial charge in [-0.25, -0.2) is 0 Å². The molecule has 2 fully saturated rings. The van der Waals surface area contributed by atoms with E-state index in [2.05, 4.69) is 5.16 Å². The van der Waals surface area contributed by atoms with Gasteiger partial charge >= 0.3 is 5.97 Å². The summed E-state index contributed by atoms with van der Waals surface area (Å²) in [5, 5.41) is 113. The molecule has 0 aromatic carbocycles. The number of aliphatic hydroxyl groups excluding tert-OH is 9. The fourth-order valence-electron chi connectivity index (χ4n) is 8.00. The van der Waals surface area contributed by atoms with Crippen LogP contribution in [0.3, 0.4) is 0 Å². The van der Waals surface area contributed by atoms with Crippen LogP contribution in [0.15, 0.2) is 90.2 Å². The van der Waals surface area contributed by atoms with Gasteiger partial charge in [-0.3, -0.25) is 4.79 Å². The summed E-state index contributed by atoms with van der Waals surface area (Å²) in [5.41, 5.74) is 6.08. The van der Waals surface area contributed by atoms with Crippen LogP contribution in [-0.4, -0.2) is 168 Å². The monoisotopic (exact) mass is 937 g/mol. The number of rotatable bonds is 4. The van der Waals surface area contributed by atoms with Crippen LogP contribution in [0.25, 0.3) is 0 Å². The van der Waals surface area contributed by atoms with Crippen LogP contribution in [0.5, 0.6) is 0 Å². The fourth-order valence-corrected chi connectivity index (χ4v) is 8.00. The van der Waals surface area contributed by atoms with Gasteiger partial charge in [0.05, 0.1) is 91.7 Å². The number of nitrogens with zero attached hydrogens (tertiary/aromatic N) is 1. The normalized spacial score (nSPS) is 45.1. The molecule has 0 spiro atoms. The smallest absolute Gasteiger partial charge is 0.308 e. The van der Waals surface area contributed by atoms with Gasteiger partial charge in [-0.05, 0) is 33.1 Å². The zero-order valence-corrected chi connectivity index (χ0v) is 38.7. The third-order valence-corrected chi connectivity index (χ3v) is 12.1. The number of hydrogen-bond acceptors (Lipinski definition) is 18. The number of carbonyl (C=O) groups is 1. The van der Waals surface area contributed by atoms with Crippen molar-refractivity contribution in [2.75, 3.05) is 7.11 Å². The van der Waals surface area contributed by atoms with Gasteiger partial charge in [0, 0.05) is 37.5 Å². The van der Waals surface area contributed by atoms with E-state index in [-0.39, 0.29) is 38.0 Å². The van der Waals surface area contributed by atoms with Gasteiger partial charge in [-0.15, -0.1) is 0 Å². The lowest BCUT2D eigenvalue weighted by molar-refractivity contribution is -0.304. The lowest BCUT2D eigenvalue weighted by Gasteiger charge is -2.45. The number of hydrogen-bond donors (Lipinski definition) is 11. The van der Waals surface area contributed by atoms with Gasteiger partial charge < -0.3 is 80.6 Å². The zero-order chi connectivity index (χ0) is 49.0. The maximum absolute atomic E-state index is 12.6. The van der Waals surface area contributed by atoms with Gasteiger partial charge in [0.1, 0.15) is 19.3 Å². The first-order valence-corrected chi connectivity index (χ1v) is 22.8. The van der Waals surface area contributed by atoms with E-state index < -0.39 is 135 Å². The number of aliphatic hydroxyl groups is 10. The number of nitrogens with two attached hydrogens (primary N) is 1. The Hall–Kier alpha value is -3.44. The van der Waals surface area contributed by atoms with Crippen molar-refractivity contribution in [1.82, 2.24) is 0 Å². The predicted molar refractivity (Wildman–Crippen MR) is 245 cm³/mol.